The van der Waals surface area contributed by atoms with E-state index < -0.39 is 34.9 Å². The molecule has 10 heteroatoms. The smallest absolute Gasteiger partial charge is 0.416 e. The second-order valence-electron chi connectivity index (χ2n) is 9.93. The van der Waals surface area contributed by atoms with E-state index in [0.29, 0.717) is 22.6 Å². The molecule has 0 amide bonds. The van der Waals surface area contributed by atoms with Gasteiger partial charge in [-0.05, 0) is 76.6 Å². The lowest BCUT2D eigenvalue weighted by Crippen LogP contribution is -2.43. The lowest BCUT2D eigenvalue weighted by Gasteiger charge is -2.29. The van der Waals surface area contributed by atoms with E-state index in [1.54, 1.807) is 65.1 Å². The molecular formula is C27H29F3N2O5. The van der Waals surface area contributed by atoms with Gasteiger partial charge in [0, 0.05) is 11.8 Å². The van der Waals surface area contributed by atoms with E-state index in [0.717, 1.165) is 12.1 Å². The van der Waals surface area contributed by atoms with Crippen molar-refractivity contribution in [2.45, 2.75) is 65.0 Å². The van der Waals surface area contributed by atoms with Crippen LogP contribution < -0.4 is 4.74 Å². The fraction of sp³-hybridized carbons (Fsp3) is 0.370. The molecule has 0 aliphatic heterocycles. The first-order valence-electron chi connectivity index (χ1n) is 11.5. The van der Waals surface area contributed by atoms with Crippen LogP contribution in [-0.4, -0.2) is 32.9 Å². The third-order valence-electron chi connectivity index (χ3n) is 5.03. The van der Waals surface area contributed by atoms with Crippen molar-refractivity contribution >= 4 is 11.9 Å². The van der Waals surface area contributed by atoms with Gasteiger partial charge in [0.25, 0.3) is 0 Å². The molecule has 0 aliphatic rings. The van der Waals surface area contributed by atoms with Crippen molar-refractivity contribution in [3.63, 3.8) is 0 Å². The molecule has 7 nitrogen and oxygen atoms in total. The average Bonchev–Trinajstić information content (AvgIpc) is 3.26. The van der Waals surface area contributed by atoms with Crippen molar-refractivity contribution in [2.24, 2.45) is 0 Å². The Morgan fingerprint density at radius 2 is 1.51 bits per heavy atom. The molecule has 0 spiro atoms. The standard InChI is InChI=1S/C27H29F3N2O5/c1-25(2,3)37-24(34)26(4,5)36-22-12-6-18(7-13-22)14-23(33)35-17-19-15-31-32(16-19)21-10-8-20(9-11-21)27(28,29)30/h6-13,15-16H,14,17H2,1-5H3. The predicted molar refractivity (Wildman–Crippen MR) is 129 cm³/mol. The van der Waals surface area contributed by atoms with Gasteiger partial charge in [0.2, 0.25) is 0 Å². The molecule has 1 aromatic heterocycles. The number of nitrogens with zero attached hydrogens (tertiary/aromatic N) is 2. The zero-order valence-corrected chi connectivity index (χ0v) is 21.3. The molecule has 0 saturated carbocycles. The van der Waals surface area contributed by atoms with E-state index in [-0.39, 0.29) is 13.0 Å². The summed E-state index contributed by atoms with van der Waals surface area (Å²) < 4.78 is 56.1. The molecule has 0 N–H and O–H groups in total. The predicted octanol–water partition coefficient (Wildman–Crippen LogP) is 5.68. The van der Waals surface area contributed by atoms with E-state index >= 15 is 0 Å². The molecule has 1 heterocycles. The maximum Gasteiger partial charge on any atom is 0.416 e. The molecule has 0 saturated heterocycles. The Kier molecular flexibility index (Phi) is 8.00. The SMILES string of the molecule is CC(C)(C)OC(=O)C(C)(C)Oc1ccc(CC(=O)OCc2cnn(-c3ccc(C(F)(F)F)cc3)c2)cc1. The second kappa shape index (κ2) is 10.7. The zero-order valence-electron chi connectivity index (χ0n) is 21.3. The van der Waals surface area contributed by atoms with Crippen LogP contribution in [0.5, 0.6) is 5.75 Å². The van der Waals surface area contributed by atoms with Gasteiger partial charge in [-0.15, -0.1) is 0 Å². The molecule has 2 aromatic carbocycles. The Bertz CT molecular complexity index is 1220. The quantitative estimate of drug-likeness (QED) is 0.357. The highest BCUT2D eigenvalue weighted by Crippen LogP contribution is 2.29. The van der Waals surface area contributed by atoms with Crippen LogP contribution in [0.15, 0.2) is 60.9 Å². The lowest BCUT2D eigenvalue weighted by molar-refractivity contribution is -0.171. The Balaban J connectivity index is 1.51. The topological polar surface area (TPSA) is 79.7 Å². The van der Waals surface area contributed by atoms with Crippen molar-refractivity contribution in [2.75, 3.05) is 0 Å². The molecule has 3 rings (SSSR count). The van der Waals surface area contributed by atoms with Crippen molar-refractivity contribution in [1.29, 1.82) is 0 Å². The first-order valence-corrected chi connectivity index (χ1v) is 11.5. The number of carbonyl (C=O) groups is 2. The number of hydrogen-bond donors (Lipinski definition) is 0. The number of ether oxygens (including phenoxy) is 3. The molecular weight excluding hydrogens is 489 g/mol. The molecule has 37 heavy (non-hydrogen) atoms. The molecule has 0 unspecified atom stereocenters. The first kappa shape index (κ1) is 27.8. The van der Waals surface area contributed by atoms with Gasteiger partial charge < -0.3 is 14.2 Å². The summed E-state index contributed by atoms with van der Waals surface area (Å²) in [6.45, 7) is 8.53. The minimum absolute atomic E-state index is 0.0166. The summed E-state index contributed by atoms with van der Waals surface area (Å²) in [6, 6.07) is 11.3. The maximum absolute atomic E-state index is 12.7. The van der Waals surface area contributed by atoms with Crippen molar-refractivity contribution in [1.82, 2.24) is 9.78 Å². The molecule has 0 radical (unpaired) electrons. The van der Waals surface area contributed by atoms with E-state index in [1.807, 2.05) is 0 Å². The highest BCUT2D eigenvalue weighted by atomic mass is 19.4. The van der Waals surface area contributed by atoms with Gasteiger partial charge in [-0.25, -0.2) is 9.48 Å². The summed E-state index contributed by atoms with van der Waals surface area (Å²) in [6.07, 6.45) is -1.34. The Hall–Kier alpha value is -3.82. The fourth-order valence-electron chi connectivity index (χ4n) is 3.17. The van der Waals surface area contributed by atoms with Gasteiger partial charge in [-0.1, -0.05) is 12.1 Å². The van der Waals surface area contributed by atoms with E-state index in [9.17, 15) is 22.8 Å². The number of rotatable bonds is 8. The van der Waals surface area contributed by atoms with Crippen molar-refractivity contribution in [3.8, 4) is 11.4 Å². The van der Waals surface area contributed by atoms with Crippen LogP contribution in [0.1, 0.15) is 51.3 Å². The van der Waals surface area contributed by atoms with Crippen LogP contribution >= 0.6 is 0 Å². The second-order valence-corrected chi connectivity index (χ2v) is 9.93. The van der Waals surface area contributed by atoms with Crippen LogP contribution in [0.4, 0.5) is 13.2 Å². The van der Waals surface area contributed by atoms with Crippen LogP contribution in [-0.2, 0) is 38.3 Å². The molecule has 3 aromatic rings. The summed E-state index contributed by atoms with van der Waals surface area (Å²) in [4.78, 5) is 24.6. The van der Waals surface area contributed by atoms with Crippen molar-refractivity contribution in [3.05, 3.63) is 77.6 Å². The summed E-state index contributed by atoms with van der Waals surface area (Å²) >= 11 is 0. The van der Waals surface area contributed by atoms with E-state index in [1.165, 1.54) is 23.0 Å². The van der Waals surface area contributed by atoms with Gasteiger partial charge >= 0.3 is 18.1 Å². The van der Waals surface area contributed by atoms with Gasteiger partial charge in [0.15, 0.2) is 5.60 Å². The molecule has 198 valence electrons. The molecule has 0 bridgehead atoms. The normalized spacial score (nSPS) is 12.2. The Morgan fingerprint density at radius 1 is 0.892 bits per heavy atom. The highest BCUT2D eigenvalue weighted by Gasteiger charge is 2.35. The fourth-order valence-corrected chi connectivity index (χ4v) is 3.17. The number of hydrogen-bond acceptors (Lipinski definition) is 6. The van der Waals surface area contributed by atoms with Gasteiger partial charge in [-0.3, -0.25) is 4.79 Å². The minimum atomic E-state index is -4.41. The van der Waals surface area contributed by atoms with Gasteiger partial charge in [0.1, 0.15) is 18.0 Å². The number of halogens is 3. The summed E-state index contributed by atoms with van der Waals surface area (Å²) in [7, 11) is 0. The number of alkyl halides is 3. The monoisotopic (exact) mass is 518 g/mol. The molecule has 0 aliphatic carbocycles. The summed E-state index contributed by atoms with van der Waals surface area (Å²) in [5.74, 6) is -0.511. The third-order valence-corrected chi connectivity index (χ3v) is 5.03. The number of esters is 2. The number of aromatic nitrogens is 2. The third kappa shape index (κ3) is 8.09. The molecule has 0 atom stereocenters. The van der Waals surface area contributed by atoms with Gasteiger partial charge in [0.05, 0.1) is 23.9 Å². The first-order chi connectivity index (χ1) is 17.1. The highest BCUT2D eigenvalue weighted by molar-refractivity contribution is 5.79. The van der Waals surface area contributed by atoms with Crippen LogP contribution in [0.2, 0.25) is 0 Å². The number of carbonyl (C=O) groups excluding carboxylic acids is 2. The van der Waals surface area contributed by atoms with Crippen LogP contribution in [0.3, 0.4) is 0 Å². The van der Waals surface area contributed by atoms with E-state index in [4.69, 9.17) is 14.2 Å². The van der Waals surface area contributed by atoms with Gasteiger partial charge in [-0.2, -0.15) is 18.3 Å². The Labute approximate surface area is 213 Å². The van der Waals surface area contributed by atoms with Crippen LogP contribution in [0, 0.1) is 0 Å². The largest absolute Gasteiger partial charge is 0.476 e. The van der Waals surface area contributed by atoms with Crippen LogP contribution in [0.25, 0.3) is 5.69 Å². The Morgan fingerprint density at radius 3 is 2.08 bits per heavy atom. The maximum atomic E-state index is 12.7. The number of benzene rings is 2. The lowest BCUT2D eigenvalue weighted by atomic mass is 10.1. The molecule has 0 fully saturated rings. The summed E-state index contributed by atoms with van der Waals surface area (Å²) in [5, 5.41) is 4.11. The zero-order chi connectivity index (χ0) is 27.4. The minimum Gasteiger partial charge on any atom is -0.476 e. The average molecular weight is 519 g/mol. The van der Waals surface area contributed by atoms with E-state index in [2.05, 4.69) is 5.10 Å². The van der Waals surface area contributed by atoms with Crippen molar-refractivity contribution < 1.29 is 37.0 Å². The summed E-state index contributed by atoms with van der Waals surface area (Å²) in [5.41, 5.74) is -0.859.